The minimum absolute atomic E-state index is 0.00467. The van der Waals surface area contributed by atoms with Crippen LogP contribution in [0.4, 0.5) is 0 Å². The van der Waals surface area contributed by atoms with E-state index in [1.54, 1.807) is 0 Å². The molecule has 1 saturated carbocycles. The number of fused-ring (bicyclic) bond motifs is 2. The number of aromatic nitrogens is 1. The van der Waals surface area contributed by atoms with Crippen molar-refractivity contribution in [1.82, 2.24) is 15.2 Å². The smallest absolute Gasteiger partial charge is 0.230 e. The zero-order valence-corrected chi connectivity index (χ0v) is 17.0. The first kappa shape index (κ1) is 18.2. The summed E-state index contributed by atoms with van der Waals surface area (Å²) in [5, 5.41) is 4.40. The number of H-pyrrole nitrogens is 1. The molecule has 6 rings (SSSR count). The molecular formula is C24H27N3O3. The van der Waals surface area contributed by atoms with Crippen LogP contribution in [0.15, 0.2) is 42.6 Å². The molecular weight excluding hydrogens is 378 g/mol. The summed E-state index contributed by atoms with van der Waals surface area (Å²) in [5.41, 5.74) is 1.70. The number of nitrogens with zero attached hydrogens (tertiary/aromatic N) is 1. The Balaban J connectivity index is 1.19. The van der Waals surface area contributed by atoms with E-state index >= 15 is 0 Å². The maximum atomic E-state index is 13.4. The second kappa shape index (κ2) is 6.71. The van der Waals surface area contributed by atoms with Gasteiger partial charge in [-0.05, 0) is 30.9 Å². The summed E-state index contributed by atoms with van der Waals surface area (Å²) in [6.07, 6.45) is 11.0. The Kier molecular flexibility index (Phi) is 4.07. The highest BCUT2D eigenvalue weighted by Crippen LogP contribution is 2.52. The molecule has 0 unspecified atom stereocenters. The minimum Gasteiger partial charge on any atom is -0.361 e. The molecule has 1 spiro atoms. The number of rotatable bonds is 5. The zero-order chi connectivity index (χ0) is 20.3. The average Bonchev–Trinajstić information content (AvgIpc) is 3.55. The average molecular weight is 405 g/mol. The molecule has 6 nitrogen and oxygen atoms in total. The van der Waals surface area contributed by atoms with E-state index in [4.69, 9.17) is 4.74 Å². The van der Waals surface area contributed by atoms with Gasteiger partial charge in [0.2, 0.25) is 11.8 Å². The molecule has 6 heteroatoms. The first-order chi connectivity index (χ1) is 14.6. The fourth-order valence-electron chi connectivity index (χ4n) is 6.03. The van der Waals surface area contributed by atoms with Gasteiger partial charge in [0.15, 0.2) is 0 Å². The van der Waals surface area contributed by atoms with Crippen LogP contribution in [-0.2, 0) is 20.7 Å². The van der Waals surface area contributed by atoms with E-state index in [9.17, 15) is 9.59 Å². The Morgan fingerprint density at radius 1 is 1.27 bits per heavy atom. The Hall–Kier alpha value is -2.60. The fourth-order valence-corrected chi connectivity index (χ4v) is 6.03. The van der Waals surface area contributed by atoms with Crippen LogP contribution >= 0.6 is 0 Å². The van der Waals surface area contributed by atoms with Crippen molar-refractivity contribution in [3.8, 4) is 0 Å². The van der Waals surface area contributed by atoms with Crippen molar-refractivity contribution >= 4 is 22.7 Å². The van der Waals surface area contributed by atoms with Crippen molar-refractivity contribution < 1.29 is 14.3 Å². The van der Waals surface area contributed by atoms with Crippen LogP contribution in [0.1, 0.15) is 31.2 Å². The van der Waals surface area contributed by atoms with Crippen LogP contribution in [0, 0.1) is 11.8 Å². The van der Waals surface area contributed by atoms with E-state index < -0.39 is 17.4 Å². The molecule has 2 aromatic rings. The quantitative estimate of drug-likeness (QED) is 0.751. The predicted octanol–water partition coefficient (Wildman–Crippen LogP) is 2.55. The van der Waals surface area contributed by atoms with E-state index in [-0.39, 0.29) is 24.0 Å². The number of ether oxygens (including phenoxy) is 1. The third-order valence-corrected chi connectivity index (χ3v) is 7.51. The van der Waals surface area contributed by atoms with Gasteiger partial charge in [0.25, 0.3) is 0 Å². The van der Waals surface area contributed by atoms with E-state index in [0.29, 0.717) is 13.1 Å². The first-order valence-corrected chi connectivity index (χ1v) is 11.2. The summed E-state index contributed by atoms with van der Waals surface area (Å²) in [6.45, 7) is 1.18. The first-order valence-electron chi connectivity index (χ1n) is 11.2. The Morgan fingerprint density at radius 3 is 2.97 bits per heavy atom. The maximum absolute atomic E-state index is 13.4. The summed E-state index contributed by atoms with van der Waals surface area (Å²) >= 11 is 0. The number of carbonyl (C=O) groups is 2. The molecule has 0 radical (unpaired) electrons. The summed E-state index contributed by atoms with van der Waals surface area (Å²) in [6, 6.07) is 8.48. The molecule has 4 heterocycles. The summed E-state index contributed by atoms with van der Waals surface area (Å²) in [7, 11) is 0. The molecule has 156 valence electrons. The van der Waals surface area contributed by atoms with Crippen molar-refractivity contribution in [1.29, 1.82) is 0 Å². The predicted molar refractivity (Wildman–Crippen MR) is 113 cm³/mol. The second-order valence-corrected chi connectivity index (χ2v) is 9.26. The van der Waals surface area contributed by atoms with Gasteiger partial charge < -0.3 is 19.9 Å². The van der Waals surface area contributed by atoms with Crippen LogP contribution < -0.4 is 5.32 Å². The summed E-state index contributed by atoms with van der Waals surface area (Å²) < 4.78 is 6.25. The number of nitrogens with one attached hydrogen (secondary N) is 2. The number of hydrogen-bond acceptors (Lipinski definition) is 3. The highest BCUT2D eigenvalue weighted by atomic mass is 16.5. The maximum Gasteiger partial charge on any atom is 0.230 e. The molecule has 2 saturated heterocycles. The molecule has 30 heavy (non-hydrogen) atoms. The number of aromatic amines is 1. The Labute approximate surface area is 175 Å². The standard InChI is InChI=1S/C24H27N3O3/c28-22(26-16-5-1-2-6-16)20-19-9-11-24(30-19)14-27(23(29)21(20)24)12-10-15-13-25-18-8-4-3-7-17(15)18/h3-4,7-9,11,13,16,19-21,25H,1-2,5-6,10,12,14H2,(H,26,28)/t19-,20+,21+,24-/m0/s1. The van der Waals surface area contributed by atoms with E-state index in [1.165, 1.54) is 23.8 Å². The third-order valence-electron chi connectivity index (χ3n) is 7.51. The third kappa shape index (κ3) is 2.66. The van der Waals surface area contributed by atoms with Crippen molar-refractivity contribution in [2.45, 2.75) is 49.9 Å². The van der Waals surface area contributed by atoms with Gasteiger partial charge in [-0.2, -0.15) is 0 Å². The van der Waals surface area contributed by atoms with Gasteiger partial charge in [-0.3, -0.25) is 9.59 Å². The molecule has 3 fully saturated rings. The number of carbonyl (C=O) groups excluding carboxylic acids is 2. The van der Waals surface area contributed by atoms with Crippen LogP contribution in [-0.4, -0.2) is 52.5 Å². The van der Waals surface area contributed by atoms with E-state index in [2.05, 4.69) is 22.4 Å². The SMILES string of the molecule is O=C(NC1CCCC1)[C@@H]1[C@@H]2C=C[C@@]3(CN(CCc4c[nH]c5ccccc45)C(=O)[C@@H]13)O2. The van der Waals surface area contributed by atoms with Gasteiger partial charge >= 0.3 is 0 Å². The lowest BCUT2D eigenvalue weighted by molar-refractivity contribution is -0.137. The number of benzene rings is 1. The second-order valence-electron chi connectivity index (χ2n) is 9.26. The van der Waals surface area contributed by atoms with E-state index in [1.807, 2.05) is 35.4 Å². The highest BCUT2D eigenvalue weighted by Gasteiger charge is 2.66. The lowest BCUT2D eigenvalue weighted by atomic mass is 9.76. The Morgan fingerprint density at radius 2 is 2.10 bits per heavy atom. The van der Waals surface area contributed by atoms with Gasteiger partial charge in [0, 0.05) is 29.7 Å². The molecule has 4 atom stereocenters. The molecule has 1 aliphatic carbocycles. The van der Waals surface area contributed by atoms with Crippen molar-refractivity contribution in [2.24, 2.45) is 11.8 Å². The van der Waals surface area contributed by atoms with Gasteiger partial charge in [0.05, 0.1) is 24.5 Å². The monoisotopic (exact) mass is 405 g/mol. The lowest BCUT2D eigenvalue weighted by Crippen LogP contribution is -2.46. The van der Waals surface area contributed by atoms with Gasteiger partial charge in [0.1, 0.15) is 5.60 Å². The minimum atomic E-state index is -0.625. The topological polar surface area (TPSA) is 74.4 Å². The molecule has 2 N–H and O–H groups in total. The number of amides is 2. The summed E-state index contributed by atoms with van der Waals surface area (Å²) in [4.78, 5) is 31.6. The van der Waals surface area contributed by atoms with Gasteiger partial charge in [-0.25, -0.2) is 0 Å². The van der Waals surface area contributed by atoms with Crippen LogP contribution in [0.5, 0.6) is 0 Å². The lowest BCUT2D eigenvalue weighted by Gasteiger charge is -2.25. The molecule has 2 bridgehead atoms. The molecule has 2 amide bonds. The van der Waals surface area contributed by atoms with Crippen molar-refractivity contribution in [2.75, 3.05) is 13.1 Å². The molecule has 1 aromatic carbocycles. The van der Waals surface area contributed by atoms with E-state index in [0.717, 1.165) is 24.8 Å². The zero-order valence-electron chi connectivity index (χ0n) is 17.0. The molecule has 1 aromatic heterocycles. The van der Waals surface area contributed by atoms with Crippen LogP contribution in [0.3, 0.4) is 0 Å². The normalized spacial score (nSPS) is 32.5. The molecule has 3 aliphatic heterocycles. The van der Waals surface area contributed by atoms with Gasteiger partial charge in [-0.15, -0.1) is 0 Å². The number of likely N-dealkylation sites (tertiary alicyclic amines) is 1. The molecule has 4 aliphatic rings. The van der Waals surface area contributed by atoms with Gasteiger partial charge in [-0.1, -0.05) is 43.2 Å². The van der Waals surface area contributed by atoms with Crippen LogP contribution in [0.25, 0.3) is 10.9 Å². The highest BCUT2D eigenvalue weighted by molar-refractivity contribution is 5.93. The largest absolute Gasteiger partial charge is 0.361 e. The number of hydrogen-bond donors (Lipinski definition) is 2. The van der Waals surface area contributed by atoms with Crippen molar-refractivity contribution in [3.05, 3.63) is 48.2 Å². The Bertz CT molecular complexity index is 1040. The fraction of sp³-hybridized carbons (Fsp3) is 0.500. The summed E-state index contributed by atoms with van der Waals surface area (Å²) in [5.74, 6) is -0.735. The van der Waals surface area contributed by atoms with Crippen molar-refractivity contribution in [3.63, 3.8) is 0 Å². The van der Waals surface area contributed by atoms with Crippen LogP contribution in [0.2, 0.25) is 0 Å². The number of para-hydroxylation sites is 1.